The van der Waals surface area contributed by atoms with Gasteiger partial charge in [-0.3, -0.25) is 9.59 Å². The lowest BCUT2D eigenvalue weighted by Crippen LogP contribution is -2.40. The summed E-state index contributed by atoms with van der Waals surface area (Å²) in [6, 6.07) is 11.4. The Morgan fingerprint density at radius 3 is 2.86 bits per heavy atom. The summed E-state index contributed by atoms with van der Waals surface area (Å²) < 4.78 is 0. The van der Waals surface area contributed by atoms with Gasteiger partial charge < -0.3 is 10.2 Å². The summed E-state index contributed by atoms with van der Waals surface area (Å²) in [6.45, 7) is 2.52. The zero-order valence-corrected chi connectivity index (χ0v) is 12.6. The number of rotatable bonds is 4. The van der Waals surface area contributed by atoms with Crippen LogP contribution in [0.5, 0.6) is 0 Å². The summed E-state index contributed by atoms with van der Waals surface area (Å²) in [5, 5.41) is 2.83. The third kappa shape index (κ3) is 2.83. The molecule has 0 saturated carbocycles. The predicted octanol–water partition coefficient (Wildman–Crippen LogP) is 2.95. The summed E-state index contributed by atoms with van der Waals surface area (Å²) in [6.07, 6.45) is 0.937. The van der Waals surface area contributed by atoms with Crippen LogP contribution in [0.3, 0.4) is 0 Å². The lowest BCUT2D eigenvalue weighted by molar-refractivity contribution is -0.115. The molecule has 0 atom stereocenters. The van der Waals surface area contributed by atoms with Gasteiger partial charge in [-0.05, 0) is 30.7 Å². The van der Waals surface area contributed by atoms with Gasteiger partial charge in [0.05, 0.1) is 29.3 Å². The van der Waals surface area contributed by atoms with Crippen LogP contribution in [-0.2, 0) is 11.2 Å². The molecule has 0 bridgehead atoms. The Morgan fingerprint density at radius 2 is 2.10 bits per heavy atom. The molecule has 21 heavy (non-hydrogen) atoms. The summed E-state index contributed by atoms with van der Waals surface area (Å²) >= 11 is 1.53. The largest absolute Gasteiger partial charge is 0.353 e. The van der Waals surface area contributed by atoms with E-state index in [0.717, 1.165) is 22.7 Å². The monoisotopic (exact) mass is 300 g/mol. The molecule has 0 aliphatic carbocycles. The third-order valence-electron chi connectivity index (χ3n) is 3.47. The fourth-order valence-corrected chi connectivity index (χ4v) is 3.29. The highest BCUT2D eigenvalue weighted by Gasteiger charge is 2.24. The van der Waals surface area contributed by atoms with E-state index in [0.29, 0.717) is 0 Å². The minimum atomic E-state index is -0.0815. The second-order valence-electron chi connectivity index (χ2n) is 4.96. The number of anilines is 2. The van der Waals surface area contributed by atoms with Crippen molar-refractivity contribution in [2.24, 2.45) is 0 Å². The number of amides is 1. The fraction of sp³-hybridized carbons (Fsp3) is 0.250. The van der Waals surface area contributed by atoms with Gasteiger partial charge in [0.25, 0.3) is 0 Å². The van der Waals surface area contributed by atoms with Gasteiger partial charge in [-0.1, -0.05) is 19.1 Å². The van der Waals surface area contributed by atoms with Crippen molar-refractivity contribution in [1.82, 2.24) is 0 Å². The number of carbonyl (C=O) groups is 2. The molecule has 1 aliphatic heterocycles. The first-order valence-corrected chi connectivity index (χ1v) is 7.74. The number of hydrogen-bond donors (Lipinski definition) is 1. The number of Topliss-reactive ketones (excluding diaryl/α,β-unsaturated/α-hetero) is 1. The number of ketones is 1. The normalized spacial score (nSPS) is 13.8. The molecule has 1 aromatic carbocycles. The molecule has 3 rings (SSSR count). The quantitative estimate of drug-likeness (QED) is 0.883. The Morgan fingerprint density at radius 1 is 1.29 bits per heavy atom. The Bertz CT molecular complexity index is 693. The number of para-hydroxylation sites is 2. The summed E-state index contributed by atoms with van der Waals surface area (Å²) in [7, 11) is 0. The molecule has 2 aromatic rings. The summed E-state index contributed by atoms with van der Waals surface area (Å²) in [5.74, 6) is -0.0221. The molecule has 0 saturated heterocycles. The molecule has 0 fully saturated rings. The number of benzene rings is 1. The van der Waals surface area contributed by atoms with Gasteiger partial charge in [-0.15, -0.1) is 11.3 Å². The van der Waals surface area contributed by atoms with Crippen LogP contribution in [0.2, 0.25) is 0 Å². The standard InChI is InChI=1S/C16H16N2O2S/c1-2-11-7-8-15(21-11)14(19)9-18-10-16(20)17-12-5-3-4-6-13(12)18/h3-8H,2,9-10H2,1H3,(H,17,20). The molecule has 1 N–H and O–H groups in total. The van der Waals surface area contributed by atoms with E-state index in [1.54, 1.807) is 0 Å². The van der Waals surface area contributed by atoms with Crippen molar-refractivity contribution in [2.45, 2.75) is 13.3 Å². The van der Waals surface area contributed by atoms with Crippen LogP contribution < -0.4 is 10.2 Å². The molecule has 2 heterocycles. The van der Waals surface area contributed by atoms with Crippen molar-refractivity contribution in [1.29, 1.82) is 0 Å². The van der Waals surface area contributed by atoms with Crippen LogP contribution in [0.15, 0.2) is 36.4 Å². The lowest BCUT2D eigenvalue weighted by atomic mass is 10.1. The molecule has 0 spiro atoms. The Labute approximate surface area is 127 Å². The lowest BCUT2D eigenvalue weighted by Gasteiger charge is -2.30. The van der Waals surface area contributed by atoms with Gasteiger partial charge in [-0.25, -0.2) is 0 Å². The molecule has 1 aromatic heterocycles. The van der Waals surface area contributed by atoms with Crippen molar-refractivity contribution < 1.29 is 9.59 Å². The molecule has 4 nitrogen and oxygen atoms in total. The minimum Gasteiger partial charge on any atom is -0.353 e. The highest BCUT2D eigenvalue weighted by molar-refractivity contribution is 7.14. The zero-order valence-electron chi connectivity index (χ0n) is 11.8. The van der Waals surface area contributed by atoms with E-state index in [1.165, 1.54) is 16.2 Å². The number of nitrogens with one attached hydrogen (secondary N) is 1. The number of nitrogens with zero attached hydrogens (tertiary/aromatic N) is 1. The predicted molar refractivity (Wildman–Crippen MR) is 85.3 cm³/mol. The van der Waals surface area contributed by atoms with Gasteiger partial charge in [0, 0.05) is 4.88 Å². The van der Waals surface area contributed by atoms with E-state index in [2.05, 4.69) is 12.2 Å². The van der Waals surface area contributed by atoms with Gasteiger partial charge in [0.1, 0.15) is 0 Å². The number of hydrogen-bond acceptors (Lipinski definition) is 4. The van der Waals surface area contributed by atoms with Crippen molar-refractivity contribution in [3.8, 4) is 0 Å². The summed E-state index contributed by atoms with van der Waals surface area (Å²) in [5.41, 5.74) is 1.67. The maximum absolute atomic E-state index is 12.4. The molecular formula is C16H16N2O2S. The maximum Gasteiger partial charge on any atom is 0.243 e. The van der Waals surface area contributed by atoms with E-state index in [4.69, 9.17) is 0 Å². The first kappa shape index (κ1) is 13.8. The second kappa shape index (κ2) is 5.69. The maximum atomic E-state index is 12.4. The van der Waals surface area contributed by atoms with Crippen LogP contribution in [0, 0.1) is 0 Å². The van der Waals surface area contributed by atoms with Crippen LogP contribution in [0.25, 0.3) is 0 Å². The molecule has 0 radical (unpaired) electrons. The SMILES string of the molecule is CCc1ccc(C(=O)CN2CC(=O)Nc3ccccc32)s1. The Balaban J connectivity index is 1.81. The zero-order chi connectivity index (χ0) is 14.8. The minimum absolute atomic E-state index is 0.0594. The van der Waals surface area contributed by atoms with E-state index in [1.807, 2.05) is 41.3 Å². The Kier molecular flexibility index (Phi) is 3.75. The van der Waals surface area contributed by atoms with Crippen molar-refractivity contribution in [3.63, 3.8) is 0 Å². The van der Waals surface area contributed by atoms with Crippen LogP contribution in [0.4, 0.5) is 11.4 Å². The number of fused-ring (bicyclic) bond motifs is 1. The van der Waals surface area contributed by atoms with Gasteiger partial charge >= 0.3 is 0 Å². The van der Waals surface area contributed by atoms with E-state index < -0.39 is 0 Å². The van der Waals surface area contributed by atoms with Crippen LogP contribution in [0.1, 0.15) is 21.5 Å². The van der Waals surface area contributed by atoms with E-state index >= 15 is 0 Å². The number of thiophene rings is 1. The molecule has 108 valence electrons. The molecule has 1 aliphatic rings. The number of aryl methyl sites for hydroxylation is 1. The summed E-state index contributed by atoms with van der Waals surface area (Å²) in [4.78, 5) is 27.9. The van der Waals surface area contributed by atoms with Crippen molar-refractivity contribution in [2.75, 3.05) is 23.3 Å². The van der Waals surface area contributed by atoms with Crippen molar-refractivity contribution >= 4 is 34.4 Å². The van der Waals surface area contributed by atoms with Crippen LogP contribution >= 0.6 is 11.3 Å². The smallest absolute Gasteiger partial charge is 0.243 e. The van der Waals surface area contributed by atoms with Gasteiger partial charge in [-0.2, -0.15) is 0 Å². The average molecular weight is 300 g/mol. The average Bonchev–Trinajstić information content (AvgIpc) is 2.96. The fourth-order valence-electron chi connectivity index (χ4n) is 2.41. The second-order valence-corrected chi connectivity index (χ2v) is 6.13. The topological polar surface area (TPSA) is 49.4 Å². The van der Waals surface area contributed by atoms with E-state index in [9.17, 15) is 9.59 Å². The Hall–Kier alpha value is -2.14. The highest BCUT2D eigenvalue weighted by Crippen LogP contribution is 2.29. The molecular weight excluding hydrogens is 284 g/mol. The first-order valence-electron chi connectivity index (χ1n) is 6.93. The van der Waals surface area contributed by atoms with Gasteiger partial charge in [0.15, 0.2) is 5.78 Å². The number of carbonyl (C=O) groups excluding carboxylic acids is 2. The molecule has 0 unspecified atom stereocenters. The third-order valence-corrected chi connectivity index (χ3v) is 4.74. The van der Waals surface area contributed by atoms with Gasteiger partial charge in [0.2, 0.25) is 5.91 Å². The first-order chi connectivity index (χ1) is 10.2. The molecule has 1 amide bonds. The van der Waals surface area contributed by atoms with Crippen LogP contribution in [-0.4, -0.2) is 24.8 Å². The molecule has 5 heteroatoms. The van der Waals surface area contributed by atoms with E-state index in [-0.39, 0.29) is 24.8 Å². The highest BCUT2D eigenvalue weighted by atomic mass is 32.1. The van der Waals surface area contributed by atoms with Crippen molar-refractivity contribution in [3.05, 3.63) is 46.2 Å².